The van der Waals surface area contributed by atoms with E-state index < -0.39 is 17.6 Å². The minimum atomic E-state index is -4.17. The Morgan fingerprint density at radius 2 is 1.70 bits per heavy atom. The molecule has 0 radical (unpaired) electrons. The number of rotatable bonds is 2. The van der Waals surface area contributed by atoms with Crippen molar-refractivity contribution in [3.63, 3.8) is 0 Å². The average molecular weight is 173 g/mol. The molecule has 1 nitrogen and oxygen atoms in total. The molecule has 0 aliphatic heterocycles. The van der Waals surface area contributed by atoms with Gasteiger partial charge in [-0.1, -0.05) is 0 Å². The van der Waals surface area contributed by atoms with Crippen molar-refractivity contribution in [2.75, 3.05) is 0 Å². The first-order chi connectivity index (χ1) is 4.34. The van der Waals surface area contributed by atoms with Gasteiger partial charge in [0, 0.05) is 5.37 Å². The Morgan fingerprint density at radius 1 is 1.30 bits per heavy atom. The standard InChI is InChI=1S/C5H10F3NS/c1-3(5(6,7)8)9-4(2)10/h3-4,9-10H,1-2H3/t3-,4?/m0/s1. The van der Waals surface area contributed by atoms with Crippen LogP contribution in [0.3, 0.4) is 0 Å². The van der Waals surface area contributed by atoms with E-state index in [0.29, 0.717) is 0 Å². The van der Waals surface area contributed by atoms with Crippen LogP contribution in [0.5, 0.6) is 0 Å². The molecule has 0 saturated heterocycles. The van der Waals surface area contributed by atoms with E-state index in [1.807, 2.05) is 0 Å². The van der Waals surface area contributed by atoms with Crippen LogP contribution in [0, 0.1) is 0 Å². The number of hydrogen-bond acceptors (Lipinski definition) is 2. The van der Waals surface area contributed by atoms with E-state index in [4.69, 9.17) is 0 Å². The Bertz CT molecular complexity index is 102. The van der Waals surface area contributed by atoms with Gasteiger partial charge in [-0.25, -0.2) is 0 Å². The smallest absolute Gasteiger partial charge is 0.295 e. The van der Waals surface area contributed by atoms with Gasteiger partial charge in [-0.05, 0) is 13.8 Å². The minimum Gasteiger partial charge on any atom is -0.295 e. The zero-order valence-corrected chi connectivity index (χ0v) is 6.63. The normalized spacial score (nSPS) is 18.6. The largest absolute Gasteiger partial charge is 0.403 e. The lowest BCUT2D eigenvalue weighted by Gasteiger charge is -2.18. The van der Waals surface area contributed by atoms with Crippen LogP contribution < -0.4 is 5.32 Å². The Balaban J connectivity index is 3.73. The summed E-state index contributed by atoms with van der Waals surface area (Å²) >= 11 is 3.76. The first kappa shape index (κ1) is 10.1. The number of alkyl halides is 3. The van der Waals surface area contributed by atoms with Gasteiger partial charge < -0.3 is 0 Å². The third-order valence-corrected chi connectivity index (χ3v) is 1.13. The Morgan fingerprint density at radius 3 is 1.80 bits per heavy atom. The van der Waals surface area contributed by atoms with E-state index in [-0.39, 0.29) is 0 Å². The molecule has 62 valence electrons. The van der Waals surface area contributed by atoms with Crippen molar-refractivity contribution in [3.8, 4) is 0 Å². The van der Waals surface area contributed by atoms with Gasteiger partial charge in [0.25, 0.3) is 0 Å². The highest BCUT2D eigenvalue weighted by Gasteiger charge is 2.35. The topological polar surface area (TPSA) is 12.0 Å². The van der Waals surface area contributed by atoms with Crippen LogP contribution in [0.1, 0.15) is 13.8 Å². The molecule has 10 heavy (non-hydrogen) atoms. The summed E-state index contributed by atoms with van der Waals surface area (Å²) in [6.45, 7) is 2.61. The SMILES string of the molecule is CC(S)N[C@@H](C)C(F)(F)F. The van der Waals surface area contributed by atoms with Gasteiger partial charge in [-0.15, -0.1) is 0 Å². The minimum absolute atomic E-state index is 0.434. The van der Waals surface area contributed by atoms with Gasteiger partial charge in [0.1, 0.15) is 6.04 Å². The molecule has 0 heterocycles. The van der Waals surface area contributed by atoms with Crippen molar-refractivity contribution >= 4 is 12.6 Å². The second kappa shape index (κ2) is 3.48. The van der Waals surface area contributed by atoms with Crippen molar-refractivity contribution < 1.29 is 13.2 Å². The first-order valence-electron chi connectivity index (χ1n) is 2.85. The maximum Gasteiger partial charge on any atom is 0.403 e. The molecule has 0 saturated carbocycles. The molecular weight excluding hydrogens is 163 g/mol. The highest BCUT2D eigenvalue weighted by molar-refractivity contribution is 7.80. The molecular formula is C5H10F3NS. The summed E-state index contributed by atoms with van der Waals surface area (Å²) in [5.41, 5.74) is 0. The number of halogens is 3. The lowest BCUT2D eigenvalue weighted by Crippen LogP contribution is -2.42. The summed E-state index contributed by atoms with van der Waals surface area (Å²) in [6.07, 6.45) is -4.17. The summed E-state index contributed by atoms with van der Waals surface area (Å²) < 4.78 is 35.1. The molecule has 5 heteroatoms. The molecule has 0 bridgehead atoms. The zero-order chi connectivity index (χ0) is 8.36. The lowest BCUT2D eigenvalue weighted by atomic mass is 10.3. The Kier molecular flexibility index (Phi) is 3.51. The molecule has 0 aromatic carbocycles. The van der Waals surface area contributed by atoms with Crippen molar-refractivity contribution in [3.05, 3.63) is 0 Å². The summed E-state index contributed by atoms with van der Waals surface area (Å²) in [5.74, 6) is 0. The van der Waals surface area contributed by atoms with Crippen LogP contribution in [-0.2, 0) is 0 Å². The van der Waals surface area contributed by atoms with Crippen LogP contribution in [0.2, 0.25) is 0 Å². The quantitative estimate of drug-likeness (QED) is 0.479. The highest BCUT2D eigenvalue weighted by Crippen LogP contribution is 2.19. The van der Waals surface area contributed by atoms with Crippen molar-refractivity contribution in [1.82, 2.24) is 5.32 Å². The van der Waals surface area contributed by atoms with E-state index in [1.165, 1.54) is 0 Å². The van der Waals surface area contributed by atoms with Crippen LogP contribution in [-0.4, -0.2) is 17.6 Å². The monoisotopic (exact) mass is 173 g/mol. The maximum atomic E-state index is 11.7. The van der Waals surface area contributed by atoms with E-state index >= 15 is 0 Å². The molecule has 2 atom stereocenters. The van der Waals surface area contributed by atoms with Gasteiger partial charge in [0.05, 0.1) is 0 Å². The second-order valence-corrected chi connectivity index (χ2v) is 2.88. The molecule has 0 aliphatic carbocycles. The van der Waals surface area contributed by atoms with E-state index in [0.717, 1.165) is 6.92 Å². The average Bonchev–Trinajstić information content (AvgIpc) is 1.60. The molecule has 0 fully saturated rings. The molecule has 0 spiro atoms. The predicted molar refractivity (Wildman–Crippen MR) is 37.1 cm³/mol. The van der Waals surface area contributed by atoms with Crippen LogP contribution in [0.25, 0.3) is 0 Å². The molecule has 1 unspecified atom stereocenters. The Hall–Kier alpha value is 0.100. The highest BCUT2D eigenvalue weighted by atomic mass is 32.1. The van der Waals surface area contributed by atoms with Gasteiger partial charge in [-0.2, -0.15) is 25.8 Å². The maximum absolute atomic E-state index is 11.7. The molecule has 0 amide bonds. The predicted octanol–water partition coefficient (Wildman–Crippen LogP) is 1.80. The number of hydrogen-bond donors (Lipinski definition) is 2. The molecule has 0 aliphatic rings. The Labute approximate surface area is 63.4 Å². The van der Waals surface area contributed by atoms with Gasteiger partial charge in [0.15, 0.2) is 0 Å². The fraction of sp³-hybridized carbons (Fsp3) is 1.00. The van der Waals surface area contributed by atoms with Crippen LogP contribution in [0.4, 0.5) is 13.2 Å². The van der Waals surface area contributed by atoms with Gasteiger partial charge in [-0.3, -0.25) is 5.32 Å². The van der Waals surface area contributed by atoms with E-state index in [9.17, 15) is 13.2 Å². The number of nitrogens with one attached hydrogen (secondary N) is 1. The third kappa shape index (κ3) is 4.00. The zero-order valence-electron chi connectivity index (χ0n) is 5.74. The van der Waals surface area contributed by atoms with Crippen LogP contribution >= 0.6 is 12.6 Å². The van der Waals surface area contributed by atoms with Crippen molar-refractivity contribution in [2.45, 2.75) is 31.4 Å². The molecule has 0 rings (SSSR count). The fourth-order valence-electron chi connectivity index (χ4n) is 0.456. The van der Waals surface area contributed by atoms with E-state index in [2.05, 4.69) is 17.9 Å². The summed E-state index contributed by atoms with van der Waals surface area (Å²) in [7, 11) is 0. The molecule has 0 aromatic heterocycles. The second-order valence-electron chi connectivity index (χ2n) is 2.11. The summed E-state index contributed by atoms with van der Waals surface area (Å²) in [6, 6.07) is -1.49. The molecule has 1 N–H and O–H groups in total. The van der Waals surface area contributed by atoms with Crippen molar-refractivity contribution in [1.29, 1.82) is 0 Å². The third-order valence-electron chi connectivity index (χ3n) is 0.982. The first-order valence-corrected chi connectivity index (χ1v) is 3.36. The van der Waals surface area contributed by atoms with Gasteiger partial charge >= 0.3 is 6.18 Å². The molecule has 0 aromatic rings. The summed E-state index contributed by atoms with van der Waals surface area (Å²) in [5, 5.41) is 1.79. The number of thiol groups is 1. The van der Waals surface area contributed by atoms with Crippen LogP contribution in [0.15, 0.2) is 0 Å². The van der Waals surface area contributed by atoms with E-state index in [1.54, 1.807) is 6.92 Å². The van der Waals surface area contributed by atoms with Gasteiger partial charge in [0.2, 0.25) is 0 Å². The lowest BCUT2D eigenvalue weighted by molar-refractivity contribution is -0.151. The summed E-state index contributed by atoms with van der Waals surface area (Å²) in [4.78, 5) is 0. The van der Waals surface area contributed by atoms with Crippen molar-refractivity contribution in [2.24, 2.45) is 0 Å². The fourth-order valence-corrected chi connectivity index (χ4v) is 0.680.